The summed E-state index contributed by atoms with van der Waals surface area (Å²) in [6.45, 7) is 8.56. The van der Waals surface area contributed by atoms with E-state index in [2.05, 4.69) is 23.1 Å². The Morgan fingerprint density at radius 2 is 1.83 bits per heavy atom. The second-order valence-electron chi connectivity index (χ2n) is 8.80. The third-order valence-corrected chi connectivity index (χ3v) is 5.81. The van der Waals surface area contributed by atoms with Gasteiger partial charge in [0.2, 0.25) is 0 Å². The Morgan fingerprint density at radius 3 is 2.55 bits per heavy atom. The molecule has 2 heterocycles. The first-order valence-electron chi connectivity index (χ1n) is 10.3. The lowest BCUT2D eigenvalue weighted by Gasteiger charge is -2.40. The summed E-state index contributed by atoms with van der Waals surface area (Å²) < 4.78 is 5.55. The van der Waals surface area contributed by atoms with Crippen LogP contribution < -0.4 is 0 Å². The van der Waals surface area contributed by atoms with E-state index in [1.165, 1.54) is 16.7 Å². The summed E-state index contributed by atoms with van der Waals surface area (Å²) in [4.78, 5) is 21.5. The highest BCUT2D eigenvalue weighted by molar-refractivity contribution is 6.30. The van der Waals surface area contributed by atoms with Gasteiger partial charge in [0.15, 0.2) is 0 Å². The van der Waals surface area contributed by atoms with Crippen molar-refractivity contribution < 1.29 is 9.53 Å². The van der Waals surface area contributed by atoms with E-state index in [1.54, 1.807) is 4.90 Å². The van der Waals surface area contributed by atoms with Crippen LogP contribution in [0, 0.1) is 0 Å². The zero-order valence-corrected chi connectivity index (χ0v) is 18.1. The van der Waals surface area contributed by atoms with Crippen LogP contribution in [-0.2, 0) is 17.6 Å². The number of fused-ring (bicyclic) bond motifs is 2. The molecule has 0 saturated carbocycles. The number of rotatable bonds is 1. The van der Waals surface area contributed by atoms with Crippen LogP contribution in [0.4, 0.5) is 4.79 Å². The highest BCUT2D eigenvalue weighted by Gasteiger charge is 2.34. The summed E-state index contributed by atoms with van der Waals surface area (Å²) in [6.07, 6.45) is 3.57. The van der Waals surface area contributed by atoms with Crippen molar-refractivity contribution in [1.82, 2.24) is 14.8 Å². The van der Waals surface area contributed by atoms with Crippen molar-refractivity contribution in [1.29, 1.82) is 0 Å². The monoisotopic (exact) mass is 413 g/mol. The van der Waals surface area contributed by atoms with Crippen molar-refractivity contribution in [3.8, 4) is 0 Å². The number of halogens is 1. The molecule has 2 aliphatic rings. The van der Waals surface area contributed by atoms with E-state index in [0.717, 1.165) is 36.6 Å². The minimum absolute atomic E-state index is 0.0850. The molecule has 1 atom stereocenters. The summed E-state index contributed by atoms with van der Waals surface area (Å²) in [5.41, 5.74) is 4.50. The van der Waals surface area contributed by atoms with Crippen LogP contribution in [0.2, 0.25) is 5.02 Å². The number of carbonyl (C=O) groups excluding carboxylic acids is 1. The SMILES string of the molecule is CC(C)(C)OC(=O)N1CCN([C@H]2c3ccc(Cl)cc3CCc3cccnc32)CC1. The van der Waals surface area contributed by atoms with E-state index < -0.39 is 5.60 Å². The Labute approximate surface area is 177 Å². The summed E-state index contributed by atoms with van der Waals surface area (Å²) in [5, 5.41) is 0.774. The number of hydrogen-bond acceptors (Lipinski definition) is 4. The van der Waals surface area contributed by atoms with E-state index >= 15 is 0 Å². The quantitative estimate of drug-likeness (QED) is 0.691. The van der Waals surface area contributed by atoms with Gasteiger partial charge in [-0.2, -0.15) is 0 Å². The van der Waals surface area contributed by atoms with Crippen LogP contribution in [0.25, 0.3) is 0 Å². The summed E-state index contributed by atoms with van der Waals surface area (Å²) in [7, 11) is 0. The van der Waals surface area contributed by atoms with Gasteiger partial charge in [0.1, 0.15) is 5.60 Å². The normalized spacial score (nSPS) is 19.9. The molecule has 1 amide bonds. The molecule has 2 aromatic rings. The molecule has 154 valence electrons. The van der Waals surface area contributed by atoms with Gasteiger partial charge in [0.25, 0.3) is 0 Å². The van der Waals surface area contributed by atoms with E-state index in [0.29, 0.717) is 13.1 Å². The van der Waals surface area contributed by atoms with Crippen LogP contribution >= 0.6 is 11.6 Å². The number of amides is 1. The maximum absolute atomic E-state index is 12.4. The van der Waals surface area contributed by atoms with Crippen molar-refractivity contribution >= 4 is 17.7 Å². The maximum Gasteiger partial charge on any atom is 0.410 e. The zero-order valence-electron chi connectivity index (χ0n) is 17.3. The second-order valence-corrected chi connectivity index (χ2v) is 9.23. The fourth-order valence-corrected chi connectivity index (χ4v) is 4.44. The number of carbonyl (C=O) groups is 1. The summed E-state index contributed by atoms with van der Waals surface area (Å²) in [6, 6.07) is 10.5. The molecule has 1 aromatic heterocycles. The smallest absolute Gasteiger partial charge is 0.410 e. The number of piperazine rings is 1. The van der Waals surface area contributed by atoms with E-state index in [1.807, 2.05) is 39.1 Å². The molecule has 29 heavy (non-hydrogen) atoms. The lowest BCUT2D eigenvalue weighted by atomic mass is 9.96. The predicted octanol–water partition coefficient (Wildman–Crippen LogP) is 4.48. The molecule has 0 bridgehead atoms. The molecule has 5 nitrogen and oxygen atoms in total. The Bertz CT molecular complexity index is 901. The predicted molar refractivity (Wildman–Crippen MR) is 114 cm³/mol. The molecule has 0 radical (unpaired) electrons. The molecule has 1 aromatic carbocycles. The highest BCUT2D eigenvalue weighted by atomic mass is 35.5. The molecule has 0 unspecified atom stereocenters. The van der Waals surface area contributed by atoms with Crippen molar-refractivity contribution in [2.75, 3.05) is 26.2 Å². The molecule has 0 spiro atoms. The first kappa shape index (κ1) is 20.2. The van der Waals surface area contributed by atoms with E-state index in [4.69, 9.17) is 21.3 Å². The number of hydrogen-bond donors (Lipinski definition) is 0. The average Bonchev–Trinajstić information content (AvgIpc) is 2.83. The van der Waals surface area contributed by atoms with Gasteiger partial charge in [-0.05, 0) is 68.5 Å². The topological polar surface area (TPSA) is 45.7 Å². The maximum atomic E-state index is 12.4. The van der Waals surface area contributed by atoms with Gasteiger partial charge in [0, 0.05) is 37.4 Å². The fourth-order valence-electron chi connectivity index (χ4n) is 4.24. The van der Waals surface area contributed by atoms with Gasteiger partial charge in [-0.3, -0.25) is 9.88 Å². The minimum Gasteiger partial charge on any atom is -0.444 e. The number of nitrogens with zero attached hydrogens (tertiary/aromatic N) is 3. The average molecular weight is 414 g/mol. The summed E-state index contributed by atoms with van der Waals surface area (Å²) in [5.74, 6) is 0. The fraction of sp³-hybridized carbons (Fsp3) is 0.478. The minimum atomic E-state index is -0.476. The molecular weight excluding hydrogens is 386 g/mol. The van der Waals surface area contributed by atoms with Crippen LogP contribution in [0.1, 0.15) is 49.2 Å². The van der Waals surface area contributed by atoms with Crippen molar-refractivity contribution in [3.05, 3.63) is 63.9 Å². The second kappa shape index (κ2) is 7.96. The van der Waals surface area contributed by atoms with Gasteiger partial charge >= 0.3 is 6.09 Å². The number of aromatic nitrogens is 1. The van der Waals surface area contributed by atoms with Gasteiger partial charge in [0.05, 0.1) is 11.7 Å². The Kier molecular flexibility index (Phi) is 5.54. The Balaban J connectivity index is 1.60. The third-order valence-electron chi connectivity index (χ3n) is 5.58. The first-order chi connectivity index (χ1) is 13.8. The van der Waals surface area contributed by atoms with E-state index in [9.17, 15) is 4.79 Å². The zero-order chi connectivity index (χ0) is 20.6. The van der Waals surface area contributed by atoms with Crippen molar-refractivity contribution in [3.63, 3.8) is 0 Å². The first-order valence-corrected chi connectivity index (χ1v) is 10.6. The van der Waals surface area contributed by atoms with Crippen molar-refractivity contribution in [2.24, 2.45) is 0 Å². The van der Waals surface area contributed by atoms with Gasteiger partial charge < -0.3 is 9.64 Å². The van der Waals surface area contributed by atoms with Crippen molar-refractivity contribution in [2.45, 2.75) is 45.3 Å². The standard InChI is InChI=1S/C23H28ClN3O2/c1-23(2,3)29-22(28)27-13-11-26(12-14-27)21-19-9-8-18(24)15-17(19)7-6-16-5-4-10-25-20(16)21/h4-5,8-10,15,21H,6-7,11-14H2,1-3H3/t21-/m0/s1. The molecule has 6 heteroatoms. The molecular formula is C23H28ClN3O2. The van der Waals surface area contributed by atoms with E-state index in [-0.39, 0.29) is 12.1 Å². The van der Waals surface area contributed by atoms with Crippen LogP contribution in [0.15, 0.2) is 36.5 Å². The molecule has 0 N–H and O–H groups in total. The van der Waals surface area contributed by atoms with Crippen LogP contribution in [-0.4, -0.2) is 52.7 Å². The lowest BCUT2D eigenvalue weighted by molar-refractivity contribution is 0.0118. The molecule has 4 rings (SSSR count). The molecule has 1 fully saturated rings. The molecule has 1 saturated heterocycles. The van der Waals surface area contributed by atoms with Crippen LogP contribution in [0.5, 0.6) is 0 Å². The summed E-state index contributed by atoms with van der Waals surface area (Å²) >= 11 is 6.29. The highest BCUT2D eigenvalue weighted by Crippen LogP contribution is 2.37. The van der Waals surface area contributed by atoms with Gasteiger partial charge in [-0.1, -0.05) is 23.7 Å². The van der Waals surface area contributed by atoms with Gasteiger partial charge in [-0.15, -0.1) is 0 Å². The Hall–Kier alpha value is -2.11. The Morgan fingerprint density at radius 1 is 1.10 bits per heavy atom. The number of ether oxygens (including phenoxy) is 1. The number of benzene rings is 1. The lowest BCUT2D eigenvalue weighted by Crippen LogP contribution is -2.51. The largest absolute Gasteiger partial charge is 0.444 e. The molecule has 1 aliphatic heterocycles. The number of aryl methyl sites for hydroxylation is 2. The van der Waals surface area contributed by atoms with Gasteiger partial charge in [-0.25, -0.2) is 4.79 Å². The third kappa shape index (κ3) is 4.41. The molecule has 1 aliphatic carbocycles. The number of pyridine rings is 1. The van der Waals surface area contributed by atoms with Crippen LogP contribution in [0.3, 0.4) is 0 Å².